The van der Waals surface area contributed by atoms with Gasteiger partial charge in [0.05, 0.1) is 26.3 Å². The molecule has 0 aliphatic carbocycles. The van der Waals surface area contributed by atoms with Crippen LogP contribution in [0.1, 0.15) is 44.0 Å². The fourth-order valence-electron chi connectivity index (χ4n) is 3.04. The van der Waals surface area contributed by atoms with E-state index in [9.17, 15) is 4.79 Å². The average molecular weight is 303 g/mol. The predicted octanol–water partition coefficient (Wildman–Crippen LogP) is 3.61. The maximum Gasteiger partial charge on any atom is 0.411 e. The third-order valence-electron chi connectivity index (χ3n) is 3.91. The minimum Gasteiger partial charge on any atom is -0.493 e. The van der Waals surface area contributed by atoms with Crippen molar-refractivity contribution in [2.24, 2.45) is 0 Å². The lowest BCUT2D eigenvalue weighted by Gasteiger charge is -2.27. The van der Waals surface area contributed by atoms with Crippen LogP contribution >= 0.6 is 0 Å². The first-order valence-electron chi connectivity index (χ1n) is 7.31. The van der Waals surface area contributed by atoms with Gasteiger partial charge in [-0.05, 0) is 44.0 Å². The van der Waals surface area contributed by atoms with Crippen LogP contribution in [0.5, 0.6) is 11.5 Å². The van der Waals surface area contributed by atoms with E-state index < -0.39 is 5.60 Å². The second-order valence-electron chi connectivity index (χ2n) is 6.50. The molecule has 0 N–H and O–H groups in total. The van der Waals surface area contributed by atoms with Gasteiger partial charge < -0.3 is 14.2 Å². The molecule has 1 amide bonds. The maximum absolute atomic E-state index is 12.5. The number of hydrogen-bond acceptors (Lipinski definition) is 4. The van der Waals surface area contributed by atoms with Crippen molar-refractivity contribution < 1.29 is 19.0 Å². The van der Waals surface area contributed by atoms with Crippen molar-refractivity contribution in [2.75, 3.05) is 14.2 Å². The molecule has 0 fully saturated rings. The summed E-state index contributed by atoms with van der Waals surface area (Å²) < 4.78 is 16.3. The van der Waals surface area contributed by atoms with Gasteiger partial charge in [0.25, 0.3) is 0 Å². The number of fused-ring (bicyclic) bond motifs is 5. The Morgan fingerprint density at radius 2 is 1.45 bits per heavy atom. The van der Waals surface area contributed by atoms with Gasteiger partial charge in [0.15, 0.2) is 11.5 Å². The van der Waals surface area contributed by atoms with Crippen molar-refractivity contribution in [3.63, 3.8) is 0 Å². The molecule has 2 atom stereocenters. The summed E-state index contributed by atoms with van der Waals surface area (Å²) in [6, 6.07) is 3.68. The molecule has 0 saturated carbocycles. The van der Waals surface area contributed by atoms with E-state index in [4.69, 9.17) is 14.2 Å². The van der Waals surface area contributed by atoms with E-state index in [-0.39, 0.29) is 18.2 Å². The molecule has 5 heteroatoms. The Bertz CT molecular complexity index is 604. The number of amides is 1. The molecule has 0 radical (unpaired) electrons. The molecular weight excluding hydrogens is 282 g/mol. The van der Waals surface area contributed by atoms with E-state index >= 15 is 0 Å². The molecule has 0 spiro atoms. The SMILES string of the molecule is COc1cc2c(cc1OC)C1C=CC2N1C(=O)OC(C)(C)C. The molecule has 2 aliphatic heterocycles. The fraction of sp³-hybridized carbons (Fsp3) is 0.471. The van der Waals surface area contributed by atoms with Crippen molar-refractivity contribution in [1.29, 1.82) is 0 Å². The van der Waals surface area contributed by atoms with Gasteiger partial charge in [-0.2, -0.15) is 0 Å². The highest BCUT2D eigenvalue weighted by atomic mass is 16.6. The Morgan fingerprint density at radius 3 is 1.82 bits per heavy atom. The summed E-state index contributed by atoms with van der Waals surface area (Å²) in [5, 5.41) is 0. The van der Waals surface area contributed by atoms with Gasteiger partial charge in [0.1, 0.15) is 5.60 Å². The van der Waals surface area contributed by atoms with Crippen molar-refractivity contribution >= 4 is 6.09 Å². The Kier molecular flexibility index (Phi) is 3.31. The van der Waals surface area contributed by atoms with Crippen LogP contribution in [-0.2, 0) is 4.74 Å². The number of benzene rings is 1. The van der Waals surface area contributed by atoms with Crippen LogP contribution in [0.2, 0.25) is 0 Å². The van der Waals surface area contributed by atoms with E-state index in [0.29, 0.717) is 11.5 Å². The molecule has 0 aromatic heterocycles. The highest BCUT2D eigenvalue weighted by molar-refractivity contribution is 5.74. The molecule has 22 heavy (non-hydrogen) atoms. The summed E-state index contributed by atoms with van der Waals surface area (Å²) in [6.07, 6.45) is 3.76. The van der Waals surface area contributed by atoms with E-state index in [1.54, 1.807) is 19.1 Å². The summed E-state index contributed by atoms with van der Waals surface area (Å²) in [5.74, 6) is 1.35. The van der Waals surface area contributed by atoms with Gasteiger partial charge in [0, 0.05) is 0 Å². The summed E-state index contributed by atoms with van der Waals surface area (Å²) in [4.78, 5) is 14.3. The van der Waals surface area contributed by atoms with E-state index in [1.807, 2.05) is 45.1 Å². The lowest BCUT2D eigenvalue weighted by atomic mass is 9.96. The summed E-state index contributed by atoms with van der Waals surface area (Å²) in [7, 11) is 3.22. The molecule has 2 unspecified atom stereocenters. The minimum absolute atomic E-state index is 0.102. The first-order valence-corrected chi connectivity index (χ1v) is 7.31. The average Bonchev–Trinajstić information content (AvgIpc) is 3.00. The van der Waals surface area contributed by atoms with Crippen molar-refractivity contribution in [1.82, 2.24) is 4.90 Å². The first kappa shape index (κ1) is 14.8. The quantitative estimate of drug-likeness (QED) is 0.783. The van der Waals surface area contributed by atoms with E-state index in [1.165, 1.54) is 0 Å². The zero-order chi connectivity index (χ0) is 16.1. The molecule has 0 saturated heterocycles. The lowest BCUT2D eigenvalue weighted by molar-refractivity contribution is 0.0196. The third-order valence-corrected chi connectivity index (χ3v) is 3.91. The van der Waals surface area contributed by atoms with Gasteiger partial charge in [0.2, 0.25) is 0 Å². The number of carbonyl (C=O) groups is 1. The highest BCUT2D eigenvalue weighted by Crippen LogP contribution is 2.51. The normalized spacial score (nSPS) is 21.8. The molecule has 5 nitrogen and oxygen atoms in total. The Labute approximate surface area is 130 Å². The second kappa shape index (κ2) is 4.93. The number of ether oxygens (including phenoxy) is 3. The molecule has 1 aromatic rings. The number of nitrogens with zero attached hydrogens (tertiary/aromatic N) is 1. The van der Waals surface area contributed by atoms with Crippen molar-refractivity contribution in [2.45, 2.75) is 38.5 Å². The highest BCUT2D eigenvalue weighted by Gasteiger charge is 2.45. The smallest absolute Gasteiger partial charge is 0.411 e. The van der Waals surface area contributed by atoms with Gasteiger partial charge in [-0.15, -0.1) is 0 Å². The minimum atomic E-state index is -0.513. The van der Waals surface area contributed by atoms with Crippen LogP contribution in [0.25, 0.3) is 0 Å². The van der Waals surface area contributed by atoms with Crippen molar-refractivity contribution in [3.8, 4) is 11.5 Å². The number of hydrogen-bond donors (Lipinski definition) is 0. The molecular formula is C17H21NO4. The van der Waals surface area contributed by atoms with Crippen LogP contribution in [0.15, 0.2) is 24.3 Å². The molecule has 3 rings (SSSR count). The topological polar surface area (TPSA) is 48.0 Å². The Morgan fingerprint density at radius 1 is 1.00 bits per heavy atom. The van der Waals surface area contributed by atoms with Gasteiger partial charge in [-0.3, -0.25) is 4.90 Å². The number of carbonyl (C=O) groups excluding carboxylic acids is 1. The molecule has 1 aromatic carbocycles. The summed E-state index contributed by atoms with van der Waals surface area (Å²) in [6.45, 7) is 5.61. The van der Waals surface area contributed by atoms with E-state index in [0.717, 1.165) is 11.1 Å². The second-order valence-corrected chi connectivity index (χ2v) is 6.50. The maximum atomic E-state index is 12.5. The zero-order valence-corrected chi connectivity index (χ0v) is 13.5. The van der Waals surface area contributed by atoms with Crippen LogP contribution < -0.4 is 9.47 Å². The van der Waals surface area contributed by atoms with Crippen LogP contribution in [0.3, 0.4) is 0 Å². The van der Waals surface area contributed by atoms with Crippen LogP contribution in [0.4, 0.5) is 4.79 Å². The van der Waals surface area contributed by atoms with Gasteiger partial charge in [-0.1, -0.05) is 12.2 Å². The van der Waals surface area contributed by atoms with Crippen LogP contribution in [-0.4, -0.2) is 30.8 Å². The van der Waals surface area contributed by atoms with Crippen molar-refractivity contribution in [3.05, 3.63) is 35.4 Å². The molecule has 2 heterocycles. The number of methoxy groups -OCH3 is 2. The van der Waals surface area contributed by atoms with E-state index in [2.05, 4.69) is 0 Å². The van der Waals surface area contributed by atoms with Gasteiger partial charge in [-0.25, -0.2) is 4.79 Å². The summed E-state index contributed by atoms with van der Waals surface area (Å²) >= 11 is 0. The monoisotopic (exact) mass is 303 g/mol. The predicted molar refractivity (Wildman–Crippen MR) is 82.2 cm³/mol. The first-order chi connectivity index (χ1) is 10.4. The zero-order valence-electron chi connectivity index (χ0n) is 13.5. The molecule has 2 bridgehead atoms. The molecule has 2 aliphatic rings. The fourth-order valence-corrected chi connectivity index (χ4v) is 3.04. The summed E-state index contributed by atoms with van der Waals surface area (Å²) in [5.41, 5.74) is 1.62. The Hall–Kier alpha value is -2.17. The number of rotatable bonds is 2. The van der Waals surface area contributed by atoms with Gasteiger partial charge >= 0.3 is 6.09 Å². The van der Waals surface area contributed by atoms with Crippen LogP contribution in [0, 0.1) is 0 Å². The third kappa shape index (κ3) is 2.21. The Balaban J connectivity index is 1.96. The largest absolute Gasteiger partial charge is 0.493 e. The lowest BCUT2D eigenvalue weighted by Crippen LogP contribution is -2.35. The standard InChI is InChI=1S/C17H21NO4/c1-17(2,3)22-16(19)18-12-6-7-13(18)11-9-15(21-5)14(20-4)8-10(11)12/h6-9,12-13H,1-5H3. The molecule has 118 valence electrons.